The number of H-pyrrole nitrogens is 1. The average molecular weight is 451 g/mol. The lowest BCUT2D eigenvalue weighted by molar-refractivity contribution is 0.770. The number of hydrogen-bond acceptors (Lipinski definition) is 7. The fraction of sp³-hybridized carbons (Fsp3) is 0.130. The van der Waals surface area contributed by atoms with Crippen LogP contribution in [0.25, 0.3) is 39.8 Å². The maximum absolute atomic E-state index is 4.83. The molecule has 11 nitrogen and oxygen atoms in total. The van der Waals surface area contributed by atoms with Gasteiger partial charge in [0.15, 0.2) is 17.5 Å². The van der Waals surface area contributed by atoms with Crippen LogP contribution in [0.3, 0.4) is 0 Å². The zero-order chi connectivity index (χ0) is 23.2. The molecule has 34 heavy (non-hydrogen) atoms. The van der Waals surface area contributed by atoms with Crippen LogP contribution in [-0.2, 0) is 14.1 Å². The van der Waals surface area contributed by atoms with E-state index in [1.54, 1.807) is 17.1 Å². The van der Waals surface area contributed by atoms with E-state index >= 15 is 0 Å². The van der Waals surface area contributed by atoms with Crippen LogP contribution in [0.2, 0.25) is 0 Å². The molecule has 6 rings (SSSR count). The molecular weight excluding hydrogens is 430 g/mol. The van der Waals surface area contributed by atoms with Crippen LogP contribution in [0.1, 0.15) is 5.56 Å². The number of anilines is 2. The Balaban J connectivity index is 1.49. The topological polar surface area (TPSA) is 119 Å². The van der Waals surface area contributed by atoms with Crippen molar-refractivity contribution in [2.24, 2.45) is 14.1 Å². The van der Waals surface area contributed by atoms with Crippen LogP contribution < -0.4 is 5.32 Å². The minimum atomic E-state index is 0.491. The molecule has 0 spiro atoms. The highest BCUT2D eigenvalue weighted by atomic mass is 15.3. The fourth-order valence-corrected chi connectivity index (χ4v) is 3.97. The Bertz CT molecular complexity index is 1620. The first-order chi connectivity index (χ1) is 16.6. The molecular formula is C23H21N11. The smallest absolute Gasteiger partial charge is 0.218 e. The van der Waals surface area contributed by atoms with Gasteiger partial charge in [-0.25, -0.2) is 14.5 Å². The van der Waals surface area contributed by atoms with E-state index in [1.807, 2.05) is 79.0 Å². The number of rotatable bonds is 5. The third-order valence-electron chi connectivity index (χ3n) is 5.66. The van der Waals surface area contributed by atoms with Crippen molar-refractivity contribution in [3.05, 3.63) is 66.9 Å². The van der Waals surface area contributed by atoms with E-state index in [9.17, 15) is 0 Å². The summed E-state index contributed by atoms with van der Waals surface area (Å²) >= 11 is 0. The first kappa shape index (κ1) is 19.9. The molecule has 0 aliphatic heterocycles. The second-order valence-electron chi connectivity index (χ2n) is 7.99. The van der Waals surface area contributed by atoms with Gasteiger partial charge >= 0.3 is 0 Å². The van der Waals surface area contributed by atoms with Crippen LogP contribution in [-0.4, -0.2) is 49.1 Å². The highest BCUT2D eigenvalue weighted by molar-refractivity contribution is 5.84. The van der Waals surface area contributed by atoms with Gasteiger partial charge in [-0.05, 0) is 30.7 Å². The first-order valence-electron chi connectivity index (χ1n) is 10.7. The summed E-state index contributed by atoms with van der Waals surface area (Å²) < 4.78 is 5.49. The quantitative estimate of drug-likeness (QED) is 0.412. The lowest BCUT2D eigenvalue weighted by Gasteiger charge is -2.09. The summed E-state index contributed by atoms with van der Waals surface area (Å²) in [5, 5.41) is 20.1. The number of imidazole rings is 1. The molecule has 11 heteroatoms. The van der Waals surface area contributed by atoms with Gasteiger partial charge in [-0.2, -0.15) is 10.2 Å². The molecule has 168 valence electrons. The molecule has 0 saturated heterocycles. The van der Waals surface area contributed by atoms with E-state index < -0.39 is 0 Å². The van der Waals surface area contributed by atoms with Gasteiger partial charge in [-0.1, -0.05) is 6.07 Å². The Morgan fingerprint density at radius 3 is 2.62 bits per heavy atom. The van der Waals surface area contributed by atoms with Gasteiger partial charge in [0.1, 0.15) is 5.52 Å². The van der Waals surface area contributed by atoms with E-state index in [-0.39, 0.29) is 0 Å². The molecule has 0 bridgehead atoms. The molecule has 0 aliphatic carbocycles. The summed E-state index contributed by atoms with van der Waals surface area (Å²) in [5.41, 5.74) is 5.30. The number of nitrogens with one attached hydrogen (secondary N) is 2. The molecule has 6 aromatic heterocycles. The van der Waals surface area contributed by atoms with Crippen molar-refractivity contribution in [3.63, 3.8) is 0 Å². The standard InChI is InChI=1S/C23H21N11/c1-14-15(16-7-10-33(3)30-16)13-34-20(14)21(27-22(31-34)23-25-9-11-32(23)2)26-19-12-18(28-29-19)17-6-4-5-8-24-17/h4-13H,1-3H3,(H2,26,27,28,29,31). The lowest BCUT2D eigenvalue weighted by atomic mass is 10.1. The van der Waals surface area contributed by atoms with Crippen molar-refractivity contribution in [1.29, 1.82) is 0 Å². The maximum Gasteiger partial charge on any atom is 0.218 e. The molecule has 0 radical (unpaired) electrons. The van der Waals surface area contributed by atoms with E-state index in [1.165, 1.54) is 0 Å². The Hall–Kier alpha value is -4.80. The molecule has 6 heterocycles. The van der Waals surface area contributed by atoms with Crippen molar-refractivity contribution in [2.45, 2.75) is 6.92 Å². The Kier molecular flexibility index (Phi) is 4.47. The molecule has 0 aromatic carbocycles. The van der Waals surface area contributed by atoms with Crippen molar-refractivity contribution in [3.8, 4) is 34.3 Å². The summed E-state index contributed by atoms with van der Waals surface area (Å²) in [4.78, 5) is 13.6. The van der Waals surface area contributed by atoms with Crippen LogP contribution in [0.4, 0.5) is 11.6 Å². The van der Waals surface area contributed by atoms with Gasteiger partial charge in [-0.3, -0.25) is 14.8 Å². The van der Waals surface area contributed by atoms with Crippen molar-refractivity contribution >= 4 is 17.2 Å². The zero-order valence-corrected chi connectivity index (χ0v) is 18.8. The molecule has 6 aromatic rings. The van der Waals surface area contributed by atoms with E-state index in [0.717, 1.165) is 33.7 Å². The number of aromatic nitrogens is 10. The second kappa shape index (κ2) is 7.66. The number of nitrogens with zero attached hydrogens (tertiary/aromatic N) is 9. The molecule has 2 N–H and O–H groups in total. The zero-order valence-electron chi connectivity index (χ0n) is 18.8. The summed E-state index contributed by atoms with van der Waals surface area (Å²) in [6.07, 6.45) is 9.23. The van der Waals surface area contributed by atoms with Gasteiger partial charge in [-0.15, -0.1) is 5.10 Å². The van der Waals surface area contributed by atoms with Crippen LogP contribution in [0.15, 0.2) is 61.3 Å². The third kappa shape index (κ3) is 3.30. The predicted molar refractivity (Wildman–Crippen MR) is 127 cm³/mol. The molecule has 0 fully saturated rings. The molecule has 0 unspecified atom stereocenters. The summed E-state index contributed by atoms with van der Waals surface area (Å²) in [6.45, 7) is 2.04. The molecule has 0 aliphatic rings. The van der Waals surface area contributed by atoms with Gasteiger partial charge in [0, 0.05) is 56.7 Å². The van der Waals surface area contributed by atoms with E-state index in [0.29, 0.717) is 23.3 Å². The van der Waals surface area contributed by atoms with Gasteiger partial charge in [0.25, 0.3) is 0 Å². The average Bonchev–Trinajstić information content (AvgIpc) is 3.62. The maximum atomic E-state index is 4.83. The summed E-state index contributed by atoms with van der Waals surface area (Å²) in [7, 11) is 3.81. The number of fused-ring (bicyclic) bond motifs is 1. The third-order valence-corrected chi connectivity index (χ3v) is 5.66. The first-order valence-corrected chi connectivity index (χ1v) is 10.7. The highest BCUT2D eigenvalue weighted by Crippen LogP contribution is 2.32. The van der Waals surface area contributed by atoms with Gasteiger partial charge in [0.2, 0.25) is 5.82 Å². The SMILES string of the molecule is Cc1c(-c2ccn(C)n2)cn2nc(-c3nccn3C)nc(Nc3cc(-c4ccccn4)[nH]n3)c12. The van der Waals surface area contributed by atoms with Crippen molar-refractivity contribution < 1.29 is 0 Å². The number of aromatic amines is 1. The molecule has 0 amide bonds. The number of pyridine rings is 1. The molecule has 0 saturated carbocycles. The highest BCUT2D eigenvalue weighted by Gasteiger charge is 2.20. The van der Waals surface area contributed by atoms with Crippen LogP contribution >= 0.6 is 0 Å². The van der Waals surface area contributed by atoms with E-state index in [4.69, 9.17) is 10.1 Å². The summed E-state index contributed by atoms with van der Waals surface area (Å²) in [5.74, 6) is 2.39. The predicted octanol–water partition coefficient (Wildman–Crippen LogP) is 3.37. The number of hydrogen-bond donors (Lipinski definition) is 2. The Labute approximate surface area is 194 Å². The van der Waals surface area contributed by atoms with Crippen LogP contribution in [0.5, 0.6) is 0 Å². The van der Waals surface area contributed by atoms with Crippen molar-refractivity contribution in [1.82, 2.24) is 49.1 Å². The summed E-state index contributed by atoms with van der Waals surface area (Å²) in [6, 6.07) is 9.63. The monoisotopic (exact) mass is 451 g/mol. The van der Waals surface area contributed by atoms with E-state index in [2.05, 4.69) is 30.6 Å². The normalized spacial score (nSPS) is 11.4. The van der Waals surface area contributed by atoms with Gasteiger partial charge < -0.3 is 9.88 Å². The largest absolute Gasteiger partial charge is 0.331 e. The number of aryl methyl sites for hydroxylation is 3. The van der Waals surface area contributed by atoms with Crippen LogP contribution in [0, 0.1) is 6.92 Å². The Morgan fingerprint density at radius 1 is 0.971 bits per heavy atom. The van der Waals surface area contributed by atoms with Crippen molar-refractivity contribution in [2.75, 3.05) is 5.32 Å². The minimum Gasteiger partial charge on any atom is -0.331 e. The Morgan fingerprint density at radius 2 is 1.88 bits per heavy atom. The molecule has 0 atom stereocenters. The minimum absolute atomic E-state index is 0.491. The second-order valence-corrected chi connectivity index (χ2v) is 7.99. The lowest BCUT2D eigenvalue weighted by Crippen LogP contribution is -2.06. The van der Waals surface area contributed by atoms with Gasteiger partial charge in [0.05, 0.1) is 17.1 Å². The fourth-order valence-electron chi connectivity index (χ4n) is 3.97.